The van der Waals surface area contributed by atoms with Crippen LogP contribution in [0.25, 0.3) is 10.9 Å². The van der Waals surface area contributed by atoms with Gasteiger partial charge in [0.25, 0.3) is 0 Å². The number of halogens is 1. The van der Waals surface area contributed by atoms with Crippen LogP contribution in [0.4, 0.5) is 4.39 Å². The van der Waals surface area contributed by atoms with Crippen LogP contribution in [0.15, 0.2) is 36.4 Å². The Kier molecular flexibility index (Phi) is 3.65. The summed E-state index contributed by atoms with van der Waals surface area (Å²) in [6.45, 7) is 0.821. The van der Waals surface area contributed by atoms with Crippen LogP contribution in [0.3, 0.4) is 0 Å². The number of hydrogen-bond donors (Lipinski definition) is 2. The first-order valence-corrected chi connectivity index (χ1v) is 7.97. The van der Waals surface area contributed by atoms with E-state index in [0.717, 1.165) is 46.4 Å². The fourth-order valence-corrected chi connectivity index (χ4v) is 3.60. The monoisotopic (exact) mass is 326 g/mol. The lowest BCUT2D eigenvalue weighted by molar-refractivity contribution is 0.348. The molecule has 1 aliphatic rings. The molecule has 24 heavy (non-hydrogen) atoms. The van der Waals surface area contributed by atoms with E-state index >= 15 is 0 Å². The maximum atomic E-state index is 13.7. The van der Waals surface area contributed by atoms with Crippen molar-refractivity contribution in [2.75, 3.05) is 20.8 Å². The van der Waals surface area contributed by atoms with Crippen LogP contribution in [0, 0.1) is 5.82 Å². The molecule has 5 heteroatoms. The third-order valence-corrected chi connectivity index (χ3v) is 4.66. The lowest BCUT2D eigenvalue weighted by Crippen LogP contribution is -2.30. The molecular weight excluding hydrogens is 307 g/mol. The zero-order valence-electron chi connectivity index (χ0n) is 13.7. The van der Waals surface area contributed by atoms with Crippen molar-refractivity contribution in [1.29, 1.82) is 0 Å². The normalized spacial score (nSPS) is 16.9. The first-order valence-electron chi connectivity index (χ1n) is 7.97. The standard InChI is InChI=1S/C19H19FN2O2/c1-23-16-5-3-4-13(19(16)24-2)17-18-12(8-9-21-17)14-10-11(20)6-7-15(14)22-18/h3-7,10,17,21-22H,8-9H2,1-2H3. The highest BCUT2D eigenvalue weighted by molar-refractivity contribution is 5.85. The molecular formula is C19H19FN2O2. The molecule has 1 unspecified atom stereocenters. The molecule has 4 rings (SSSR count). The summed E-state index contributed by atoms with van der Waals surface area (Å²) >= 11 is 0. The fraction of sp³-hybridized carbons (Fsp3) is 0.263. The predicted molar refractivity (Wildman–Crippen MR) is 91.4 cm³/mol. The van der Waals surface area contributed by atoms with E-state index in [2.05, 4.69) is 10.3 Å². The molecule has 0 saturated carbocycles. The highest BCUT2D eigenvalue weighted by Crippen LogP contribution is 2.40. The van der Waals surface area contributed by atoms with Crippen LogP contribution in [0.5, 0.6) is 11.5 Å². The largest absolute Gasteiger partial charge is 0.493 e. The maximum absolute atomic E-state index is 13.7. The molecule has 124 valence electrons. The van der Waals surface area contributed by atoms with E-state index in [1.807, 2.05) is 18.2 Å². The Morgan fingerprint density at radius 2 is 2.00 bits per heavy atom. The number of aromatic amines is 1. The summed E-state index contributed by atoms with van der Waals surface area (Å²) < 4.78 is 24.7. The number of methoxy groups -OCH3 is 2. The number of hydrogen-bond acceptors (Lipinski definition) is 3. The zero-order chi connectivity index (χ0) is 16.7. The maximum Gasteiger partial charge on any atom is 0.165 e. The Bertz CT molecular complexity index is 904. The number of fused-ring (bicyclic) bond motifs is 3. The second kappa shape index (κ2) is 5.83. The van der Waals surface area contributed by atoms with Gasteiger partial charge in [-0.05, 0) is 36.2 Å². The third-order valence-electron chi connectivity index (χ3n) is 4.66. The second-order valence-electron chi connectivity index (χ2n) is 5.93. The smallest absolute Gasteiger partial charge is 0.165 e. The van der Waals surface area contributed by atoms with E-state index in [4.69, 9.17) is 9.47 Å². The Hall–Kier alpha value is -2.53. The number of aromatic nitrogens is 1. The number of nitrogens with one attached hydrogen (secondary N) is 2. The van der Waals surface area contributed by atoms with Gasteiger partial charge in [-0.2, -0.15) is 0 Å². The van der Waals surface area contributed by atoms with Gasteiger partial charge in [0.2, 0.25) is 0 Å². The van der Waals surface area contributed by atoms with Crippen molar-refractivity contribution >= 4 is 10.9 Å². The van der Waals surface area contributed by atoms with E-state index in [1.165, 1.54) is 6.07 Å². The molecule has 0 fully saturated rings. The van der Waals surface area contributed by atoms with Crippen molar-refractivity contribution in [2.24, 2.45) is 0 Å². The molecule has 3 aromatic rings. The minimum atomic E-state index is -0.210. The average molecular weight is 326 g/mol. The quantitative estimate of drug-likeness (QED) is 0.774. The van der Waals surface area contributed by atoms with E-state index in [9.17, 15) is 4.39 Å². The summed E-state index contributed by atoms with van der Waals surface area (Å²) in [5, 5.41) is 4.49. The number of ether oxygens (including phenoxy) is 2. The first kappa shape index (κ1) is 15.0. The predicted octanol–water partition coefficient (Wildman–Crippen LogP) is 3.56. The van der Waals surface area contributed by atoms with E-state index in [1.54, 1.807) is 26.4 Å². The van der Waals surface area contributed by atoms with Crippen LogP contribution in [0.2, 0.25) is 0 Å². The molecule has 0 radical (unpaired) electrons. The average Bonchev–Trinajstić information content (AvgIpc) is 2.98. The molecule has 0 bridgehead atoms. The Morgan fingerprint density at radius 1 is 1.12 bits per heavy atom. The highest BCUT2D eigenvalue weighted by Gasteiger charge is 2.28. The van der Waals surface area contributed by atoms with Gasteiger partial charge in [-0.1, -0.05) is 12.1 Å². The number of rotatable bonds is 3. The minimum Gasteiger partial charge on any atom is -0.493 e. The molecule has 0 amide bonds. The lowest BCUT2D eigenvalue weighted by Gasteiger charge is -2.26. The van der Waals surface area contributed by atoms with Gasteiger partial charge in [0.1, 0.15) is 5.82 Å². The van der Waals surface area contributed by atoms with E-state index in [-0.39, 0.29) is 11.9 Å². The summed E-state index contributed by atoms with van der Waals surface area (Å²) in [5.41, 5.74) is 4.19. The Morgan fingerprint density at radius 3 is 2.79 bits per heavy atom. The highest BCUT2D eigenvalue weighted by atomic mass is 19.1. The van der Waals surface area contributed by atoms with Crippen LogP contribution < -0.4 is 14.8 Å². The van der Waals surface area contributed by atoms with Crippen LogP contribution in [-0.2, 0) is 6.42 Å². The third kappa shape index (κ3) is 2.24. The summed E-state index contributed by atoms with van der Waals surface area (Å²) in [6.07, 6.45) is 0.863. The topological polar surface area (TPSA) is 46.3 Å². The first-order chi connectivity index (χ1) is 11.7. The van der Waals surface area contributed by atoms with Gasteiger partial charge >= 0.3 is 0 Å². The molecule has 0 saturated heterocycles. The van der Waals surface area contributed by atoms with Crippen LogP contribution in [0.1, 0.15) is 22.9 Å². The SMILES string of the molecule is COc1cccc(C2NCCc3c2[nH]c2ccc(F)cc32)c1OC. The molecule has 0 aliphatic carbocycles. The molecule has 4 nitrogen and oxygen atoms in total. The molecule has 1 aliphatic heterocycles. The van der Waals surface area contributed by atoms with Gasteiger partial charge in [-0.15, -0.1) is 0 Å². The lowest BCUT2D eigenvalue weighted by atomic mass is 9.93. The van der Waals surface area contributed by atoms with Crippen molar-refractivity contribution in [3.8, 4) is 11.5 Å². The van der Waals surface area contributed by atoms with Crippen molar-refractivity contribution in [3.05, 3.63) is 59.0 Å². The van der Waals surface area contributed by atoms with Gasteiger partial charge in [-0.3, -0.25) is 0 Å². The number of H-pyrrole nitrogens is 1. The van der Waals surface area contributed by atoms with Crippen molar-refractivity contribution in [2.45, 2.75) is 12.5 Å². The van der Waals surface area contributed by atoms with Crippen molar-refractivity contribution < 1.29 is 13.9 Å². The van der Waals surface area contributed by atoms with Gasteiger partial charge in [-0.25, -0.2) is 4.39 Å². The van der Waals surface area contributed by atoms with Crippen LogP contribution >= 0.6 is 0 Å². The molecule has 2 N–H and O–H groups in total. The van der Waals surface area contributed by atoms with Gasteiger partial charge < -0.3 is 19.8 Å². The van der Waals surface area contributed by atoms with E-state index < -0.39 is 0 Å². The number of benzene rings is 2. The molecule has 0 spiro atoms. The van der Waals surface area contributed by atoms with Gasteiger partial charge in [0.15, 0.2) is 11.5 Å². The molecule has 1 aromatic heterocycles. The van der Waals surface area contributed by atoms with Crippen molar-refractivity contribution in [3.63, 3.8) is 0 Å². The minimum absolute atomic E-state index is 0.0470. The second-order valence-corrected chi connectivity index (χ2v) is 5.93. The van der Waals surface area contributed by atoms with Gasteiger partial charge in [0.05, 0.1) is 20.3 Å². The van der Waals surface area contributed by atoms with Crippen LogP contribution in [-0.4, -0.2) is 25.7 Å². The molecule has 2 aromatic carbocycles. The van der Waals surface area contributed by atoms with E-state index in [0.29, 0.717) is 5.75 Å². The molecule has 2 heterocycles. The van der Waals surface area contributed by atoms with Gasteiger partial charge in [0, 0.05) is 28.7 Å². The fourth-order valence-electron chi connectivity index (χ4n) is 3.60. The summed E-state index contributed by atoms with van der Waals surface area (Å²) in [6, 6.07) is 10.7. The Balaban J connectivity index is 1.90. The zero-order valence-corrected chi connectivity index (χ0v) is 13.7. The summed E-state index contributed by atoms with van der Waals surface area (Å²) in [4.78, 5) is 3.46. The van der Waals surface area contributed by atoms with Crippen molar-refractivity contribution in [1.82, 2.24) is 10.3 Å². The summed E-state index contributed by atoms with van der Waals surface area (Å²) in [5.74, 6) is 1.21. The number of para-hydroxylation sites is 1. The summed E-state index contributed by atoms with van der Waals surface area (Å²) in [7, 11) is 3.28. The molecule has 1 atom stereocenters. The Labute approximate surface area is 139 Å².